The molecule has 368 valence electrons. The van der Waals surface area contributed by atoms with Gasteiger partial charge in [0.05, 0.1) is 24.4 Å². The molecule has 14 nitrogen and oxygen atoms in total. The Kier molecular flexibility index (Phi) is 13.1. The molecule has 0 radical (unpaired) electrons. The van der Waals surface area contributed by atoms with Crippen molar-refractivity contribution >= 4 is 55.8 Å². The molecule has 15 heteroatoms. The van der Waals surface area contributed by atoms with Crippen LogP contribution in [0.25, 0.3) is 21.8 Å². The minimum Gasteiger partial charge on any atom is -0.444 e. The van der Waals surface area contributed by atoms with Crippen molar-refractivity contribution in [1.29, 1.82) is 0 Å². The van der Waals surface area contributed by atoms with Crippen LogP contribution in [0.1, 0.15) is 120 Å². The van der Waals surface area contributed by atoms with Gasteiger partial charge in [-0.25, -0.2) is 22.0 Å². The molecule has 10 rings (SSSR count). The molecule has 4 aliphatic rings. The molecule has 70 heavy (non-hydrogen) atoms. The number of carbonyl (C=O) groups is 4. The number of hydrogen-bond donors (Lipinski definition) is 1. The molecular weight excluding hydrogens is 905 g/mol. The molecule has 6 heterocycles. The highest BCUT2D eigenvalue weighted by molar-refractivity contribution is 7.90. The summed E-state index contributed by atoms with van der Waals surface area (Å²) in [5.41, 5.74) is 10.2. The molecule has 4 aliphatic heterocycles. The SMILES string of the molecule is CC(C)(C)OC(=O)N1CCc2[nH]c3ccc(C(=O)N4CCc5ccccc5C4)cc3c2C1.CCCS(=O)(=O)n1c2c(c3cc(C(=O)N4CCc5ccccc5C4)ccc31)CN(C(=O)OC(C)(C)C)CC2. The maximum Gasteiger partial charge on any atom is 0.410 e. The van der Waals surface area contributed by atoms with Crippen molar-refractivity contribution in [2.75, 3.05) is 31.9 Å². The number of amides is 4. The zero-order valence-corrected chi connectivity index (χ0v) is 42.2. The third-order valence-electron chi connectivity index (χ3n) is 13.4. The van der Waals surface area contributed by atoms with Crippen LogP contribution in [0.5, 0.6) is 0 Å². The number of nitrogens with one attached hydrogen (secondary N) is 1. The summed E-state index contributed by atoms with van der Waals surface area (Å²) in [6, 6.07) is 27.6. The Labute approximate surface area is 410 Å². The van der Waals surface area contributed by atoms with E-state index in [-0.39, 0.29) is 30.2 Å². The van der Waals surface area contributed by atoms with E-state index in [1.807, 2.05) is 94.7 Å². The lowest BCUT2D eigenvalue weighted by Gasteiger charge is -2.30. The van der Waals surface area contributed by atoms with Gasteiger partial charge in [-0.15, -0.1) is 0 Å². The third kappa shape index (κ3) is 10.0. The Balaban J connectivity index is 0.000000176. The van der Waals surface area contributed by atoms with Gasteiger partial charge in [-0.05, 0) is 119 Å². The predicted octanol–water partition coefficient (Wildman–Crippen LogP) is 9.38. The number of ether oxygens (including phenoxy) is 2. The second kappa shape index (κ2) is 19.0. The number of benzene rings is 4. The fourth-order valence-electron chi connectivity index (χ4n) is 10.1. The first-order chi connectivity index (χ1) is 33.3. The average molecular weight is 969 g/mol. The number of aromatic nitrogens is 2. The molecule has 2 aromatic heterocycles. The first kappa shape index (κ1) is 48.4. The van der Waals surface area contributed by atoms with E-state index in [1.54, 1.807) is 28.0 Å². The number of aromatic amines is 1. The van der Waals surface area contributed by atoms with E-state index in [2.05, 4.69) is 35.3 Å². The Bertz CT molecular complexity index is 3140. The van der Waals surface area contributed by atoms with E-state index in [4.69, 9.17) is 9.47 Å². The van der Waals surface area contributed by atoms with E-state index in [1.165, 1.54) is 20.7 Å². The fraction of sp³-hybridized carbons (Fsp3) is 0.418. The molecule has 0 saturated carbocycles. The Hall–Kier alpha value is -6.61. The molecule has 0 saturated heterocycles. The summed E-state index contributed by atoms with van der Waals surface area (Å²) >= 11 is 0. The van der Waals surface area contributed by atoms with Gasteiger partial charge >= 0.3 is 12.2 Å². The first-order valence-electron chi connectivity index (χ1n) is 24.5. The van der Waals surface area contributed by atoms with Crippen LogP contribution in [-0.2, 0) is 71.4 Å². The Morgan fingerprint density at radius 2 is 1.06 bits per heavy atom. The zero-order valence-electron chi connectivity index (χ0n) is 41.4. The lowest BCUT2D eigenvalue weighted by molar-refractivity contribution is 0.0214. The van der Waals surface area contributed by atoms with Crippen molar-refractivity contribution in [3.63, 3.8) is 0 Å². The number of rotatable bonds is 5. The van der Waals surface area contributed by atoms with Gasteiger partial charge in [0, 0.05) is 102 Å². The summed E-state index contributed by atoms with van der Waals surface area (Å²) in [5, 5.41) is 1.70. The van der Waals surface area contributed by atoms with Crippen LogP contribution in [0.4, 0.5) is 9.59 Å². The maximum atomic E-state index is 13.6. The van der Waals surface area contributed by atoms with E-state index >= 15 is 0 Å². The Morgan fingerprint density at radius 1 is 0.571 bits per heavy atom. The van der Waals surface area contributed by atoms with Crippen LogP contribution in [0.2, 0.25) is 0 Å². The normalized spacial score (nSPS) is 15.9. The lowest BCUT2D eigenvalue weighted by Crippen LogP contribution is -2.40. The van der Waals surface area contributed by atoms with Gasteiger partial charge in [0.2, 0.25) is 10.0 Å². The second-order valence-electron chi connectivity index (χ2n) is 20.9. The minimum atomic E-state index is -3.60. The molecule has 4 amide bonds. The van der Waals surface area contributed by atoms with E-state index < -0.39 is 27.3 Å². The van der Waals surface area contributed by atoms with Crippen molar-refractivity contribution in [3.05, 3.63) is 141 Å². The molecule has 0 fully saturated rings. The highest BCUT2D eigenvalue weighted by atomic mass is 32.2. The topological polar surface area (TPSA) is 155 Å². The van der Waals surface area contributed by atoms with Crippen molar-refractivity contribution in [2.24, 2.45) is 0 Å². The number of fused-ring (bicyclic) bond motifs is 8. The van der Waals surface area contributed by atoms with Crippen molar-refractivity contribution in [3.8, 4) is 0 Å². The molecule has 4 aromatic carbocycles. The summed E-state index contributed by atoms with van der Waals surface area (Å²) in [7, 11) is -3.60. The number of nitrogens with zero attached hydrogens (tertiary/aromatic N) is 5. The minimum absolute atomic E-state index is 0.0207. The highest BCUT2D eigenvalue weighted by Crippen LogP contribution is 2.35. The standard InChI is InChI=1S/C29H35N3O5S.C26H29N3O3/c1-5-16-38(35,36)32-25-11-10-21(27(33)30-14-12-20-8-6-7-9-22(20)18-30)17-23(25)24-19-31(15-13-26(24)32)28(34)37-29(2,3)4;1-26(2,3)32-25(31)29-13-11-23-21(16-29)20-14-18(8-9-22(20)27-23)24(30)28-12-10-17-6-4-5-7-19(17)15-28/h6-11,17H,5,12-16,18-19H2,1-4H3;4-9,14,27H,10-13,15-16H2,1-3H3. The van der Waals surface area contributed by atoms with E-state index in [0.29, 0.717) is 79.8 Å². The number of hydrogen-bond acceptors (Lipinski definition) is 8. The maximum absolute atomic E-state index is 13.6. The zero-order chi connectivity index (χ0) is 49.7. The van der Waals surface area contributed by atoms with Crippen LogP contribution >= 0.6 is 0 Å². The molecule has 0 bridgehead atoms. The number of H-pyrrole nitrogens is 1. The van der Waals surface area contributed by atoms with E-state index in [0.717, 1.165) is 59.1 Å². The van der Waals surface area contributed by atoms with Gasteiger partial charge < -0.3 is 34.1 Å². The molecule has 0 unspecified atom stereocenters. The second-order valence-corrected chi connectivity index (χ2v) is 22.8. The molecule has 6 aromatic rings. The van der Waals surface area contributed by atoms with Crippen LogP contribution < -0.4 is 0 Å². The summed E-state index contributed by atoms with van der Waals surface area (Å²) in [6.45, 7) is 17.2. The van der Waals surface area contributed by atoms with Crippen LogP contribution in [-0.4, -0.2) is 104 Å². The van der Waals surface area contributed by atoms with Crippen LogP contribution in [0.15, 0.2) is 84.9 Å². The first-order valence-corrected chi connectivity index (χ1v) is 26.1. The lowest BCUT2D eigenvalue weighted by atomic mass is 9.98. The predicted molar refractivity (Wildman–Crippen MR) is 270 cm³/mol. The smallest absolute Gasteiger partial charge is 0.410 e. The quantitative estimate of drug-likeness (QED) is 0.179. The van der Waals surface area contributed by atoms with Gasteiger partial charge in [-0.1, -0.05) is 55.5 Å². The molecular formula is C55H64N6O8S. The summed E-state index contributed by atoms with van der Waals surface area (Å²) < 4.78 is 39.3. The summed E-state index contributed by atoms with van der Waals surface area (Å²) in [4.78, 5) is 62.9. The third-order valence-corrected chi connectivity index (χ3v) is 15.3. The number of carbonyl (C=O) groups excluding carboxylic acids is 4. The van der Waals surface area contributed by atoms with Crippen LogP contribution in [0.3, 0.4) is 0 Å². The fourth-order valence-corrected chi connectivity index (χ4v) is 11.8. The van der Waals surface area contributed by atoms with Crippen molar-refractivity contribution < 1.29 is 37.1 Å². The van der Waals surface area contributed by atoms with Crippen LogP contribution in [0, 0.1) is 0 Å². The summed E-state index contributed by atoms with van der Waals surface area (Å²) in [5.74, 6) is -0.0114. The van der Waals surface area contributed by atoms with Crippen molar-refractivity contribution in [1.82, 2.24) is 28.6 Å². The van der Waals surface area contributed by atoms with Gasteiger partial charge in [0.25, 0.3) is 11.8 Å². The largest absolute Gasteiger partial charge is 0.444 e. The van der Waals surface area contributed by atoms with Crippen molar-refractivity contribution in [2.45, 2.75) is 118 Å². The van der Waals surface area contributed by atoms with Gasteiger partial charge in [0.15, 0.2) is 0 Å². The van der Waals surface area contributed by atoms with Gasteiger partial charge in [-0.3, -0.25) is 9.59 Å². The van der Waals surface area contributed by atoms with Gasteiger partial charge in [0.1, 0.15) is 11.2 Å². The van der Waals surface area contributed by atoms with E-state index in [9.17, 15) is 27.6 Å². The highest BCUT2D eigenvalue weighted by Gasteiger charge is 2.34. The Morgan fingerprint density at radius 3 is 1.60 bits per heavy atom. The average Bonchev–Trinajstić information content (AvgIpc) is 3.87. The molecule has 0 spiro atoms. The molecule has 0 aliphatic carbocycles. The van der Waals surface area contributed by atoms with Gasteiger partial charge in [-0.2, -0.15) is 0 Å². The molecule has 1 N–H and O–H groups in total. The summed E-state index contributed by atoms with van der Waals surface area (Å²) in [6.07, 6.45) is 2.59. The monoisotopic (exact) mass is 968 g/mol. The molecule has 0 atom stereocenters.